The van der Waals surface area contributed by atoms with Crippen LogP contribution in [0.5, 0.6) is 0 Å². The number of benzene rings is 2. The number of nitrogens with two attached hydrogens (primary N) is 1. The van der Waals surface area contributed by atoms with Gasteiger partial charge in [-0.3, -0.25) is 4.98 Å². The van der Waals surface area contributed by atoms with Crippen LogP contribution in [0.15, 0.2) is 94.2 Å². The Kier molecular flexibility index (Phi) is 5.90. The van der Waals surface area contributed by atoms with Crippen molar-refractivity contribution >= 4 is 28.2 Å². The topological polar surface area (TPSA) is 89.0 Å². The molecule has 2 N–H and O–H groups in total. The summed E-state index contributed by atoms with van der Waals surface area (Å²) in [5.74, 6) is -0.418. The summed E-state index contributed by atoms with van der Waals surface area (Å²) in [4.78, 5) is 5.38. The first kappa shape index (κ1) is 20.9. The van der Waals surface area contributed by atoms with E-state index in [0.29, 0.717) is 20.5 Å². The van der Waals surface area contributed by atoms with Crippen molar-refractivity contribution in [2.45, 2.75) is 17.7 Å². The van der Waals surface area contributed by atoms with Crippen LogP contribution in [0, 0.1) is 18.3 Å². The summed E-state index contributed by atoms with van der Waals surface area (Å²) >= 11 is 6.08. The molecule has 0 saturated carbocycles. The largest absolute Gasteiger partial charge is 0.437 e. The number of hydrogen-bond donors (Lipinski definition) is 1. The number of nitriles is 1. The molecule has 2 unspecified atom stereocenters. The molecule has 2 atom stereocenters. The van der Waals surface area contributed by atoms with Crippen LogP contribution in [0.25, 0.3) is 5.76 Å². The lowest BCUT2D eigenvalue weighted by Crippen LogP contribution is -2.23. The standard InChI is InChI=1S/C24H18ClN3O2S/c1-15-5-11-18(12-6-15)31(29)23-21(16-7-9-17(25)10-8-16)19(14-26)24(27)30-22(23)20-4-2-3-13-28-20/h2-13,21H,27H2,1H3. The van der Waals surface area contributed by atoms with Gasteiger partial charge in [0.15, 0.2) is 5.76 Å². The number of allylic oxidation sites excluding steroid dienone is 2. The highest BCUT2D eigenvalue weighted by Crippen LogP contribution is 2.44. The first-order valence-electron chi connectivity index (χ1n) is 9.46. The average Bonchev–Trinajstić information content (AvgIpc) is 2.79. The predicted octanol–water partition coefficient (Wildman–Crippen LogP) is 5.03. The minimum atomic E-state index is -1.64. The van der Waals surface area contributed by atoms with E-state index in [1.165, 1.54) is 0 Å². The summed E-state index contributed by atoms with van der Waals surface area (Å²) < 4.78 is 19.7. The molecule has 0 fully saturated rings. The number of pyridine rings is 1. The summed E-state index contributed by atoms with van der Waals surface area (Å²) in [7, 11) is -1.64. The lowest BCUT2D eigenvalue weighted by molar-refractivity contribution is 0.357. The van der Waals surface area contributed by atoms with Gasteiger partial charge in [-0.05, 0) is 48.9 Å². The van der Waals surface area contributed by atoms with Crippen molar-refractivity contribution in [2.24, 2.45) is 5.73 Å². The van der Waals surface area contributed by atoms with E-state index in [1.807, 2.05) is 25.1 Å². The van der Waals surface area contributed by atoms with Gasteiger partial charge in [0.05, 0.1) is 21.6 Å². The Morgan fingerprint density at radius 1 is 1.10 bits per heavy atom. The number of aryl methyl sites for hydroxylation is 1. The van der Waals surface area contributed by atoms with Crippen molar-refractivity contribution in [3.63, 3.8) is 0 Å². The third kappa shape index (κ3) is 4.11. The SMILES string of the molecule is Cc1ccc(S(=O)C2=C(c3ccccn3)OC(N)=C(C#N)C2c2ccc(Cl)cc2)cc1. The third-order valence-corrected chi connectivity index (χ3v) is 6.68. The van der Waals surface area contributed by atoms with Gasteiger partial charge >= 0.3 is 0 Å². The van der Waals surface area contributed by atoms with E-state index in [0.717, 1.165) is 11.1 Å². The zero-order valence-corrected chi connectivity index (χ0v) is 18.2. The zero-order valence-electron chi connectivity index (χ0n) is 16.6. The molecule has 7 heteroatoms. The number of halogens is 1. The van der Waals surface area contributed by atoms with E-state index in [1.54, 1.807) is 54.7 Å². The fraction of sp³-hybridized carbons (Fsp3) is 0.0833. The van der Waals surface area contributed by atoms with Gasteiger partial charge in [0.1, 0.15) is 17.3 Å². The molecule has 0 aliphatic carbocycles. The molecule has 5 nitrogen and oxygen atoms in total. The highest BCUT2D eigenvalue weighted by atomic mass is 35.5. The Hall–Kier alpha value is -3.40. The second-order valence-electron chi connectivity index (χ2n) is 6.97. The molecule has 1 aliphatic heterocycles. The van der Waals surface area contributed by atoms with Crippen LogP contribution in [0.4, 0.5) is 0 Å². The molecule has 0 spiro atoms. The molecule has 2 heterocycles. The molecule has 3 aromatic rings. The third-order valence-electron chi connectivity index (χ3n) is 4.91. The van der Waals surface area contributed by atoms with Crippen LogP contribution in [-0.4, -0.2) is 9.19 Å². The zero-order chi connectivity index (χ0) is 22.0. The Balaban J connectivity index is 1.99. The fourth-order valence-corrected chi connectivity index (χ4v) is 4.91. The van der Waals surface area contributed by atoms with E-state index < -0.39 is 16.7 Å². The van der Waals surface area contributed by atoms with Crippen LogP contribution in [0.2, 0.25) is 5.02 Å². The maximum Gasteiger partial charge on any atom is 0.205 e. The molecule has 4 rings (SSSR count). The summed E-state index contributed by atoms with van der Waals surface area (Å²) in [6.45, 7) is 1.96. The molecular formula is C24H18ClN3O2S. The van der Waals surface area contributed by atoms with Crippen LogP contribution in [-0.2, 0) is 15.5 Å². The van der Waals surface area contributed by atoms with Crippen molar-refractivity contribution < 1.29 is 8.95 Å². The molecule has 0 saturated heterocycles. The highest BCUT2D eigenvalue weighted by molar-refractivity contribution is 7.89. The number of ether oxygens (including phenoxy) is 1. The van der Waals surface area contributed by atoms with Gasteiger partial charge in [-0.15, -0.1) is 0 Å². The molecule has 154 valence electrons. The molecule has 2 aromatic carbocycles. The van der Waals surface area contributed by atoms with Gasteiger partial charge in [0.25, 0.3) is 0 Å². The monoisotopic (exact) mass is 447 g/mol. The van der Waals surface area contributed by atoms with E-state index in [2.05, 4.69) is 11.1 Å². The lowest BCUT2D eigenvalue weighted by Gasteiger charge is -2.28. The number of rotatable bonds is 4. The molecule has 0 bridgehead atoms. The molecule has 31 heavy (non-hydrogen) atoms. The maximum absolute atomic E-state index is 13.9. The first-order chi connectivity index (χ1) is 15.0. The minimum absolute atomic E-state index is 0.0345. The molecule has 0 radical (unpaired) electrons. The van der Waals surface area contributed by atoms with E-state index in [9.17, 15) is 9.47 Å². The van der Waals surface area contributed by atoms with Gasteiger partial charge in [-0.25, -0.2) is 4.21 Å². The van der Waals surface area contributed by atoms with Gasteiger partial charge in [0.2, 0.25) is 5.88 Å². The number of nitrogens with zero attached hydrogens (tertiary/aromatic N) is 2. The second-order valence-corrected chi connectivity index (χ2v) is 8.85. The van der Waals surface area contributed by atoms with E-state index in [4.69, 9.17) is 22.1 Å². The minimum Gasteiger partial charge on any atom is -0.437 e. The van der Waals surface area contributed by atoms with Crippen molar-refractivity contribution in [1.29, 1.82) is 5.26 Å². The second kappa shape index (κ2) is 8.76. The molecular weight excluding hydrogens is 430 g/mol. The lowest BCUT2D eigenvalue weighted by atomic mass is 9.89. The first-order valence-corrected chi connectivity index (χ1v) is 11.0. The Morgan fingerprint density at radius 2 is 1.81 bits per heavy atom. The average molecular weight is 448 g/mol. The van der Waals surface area contributed by atoms with Gasteiger partial charge in [-0.2, -0.15) is 5.26 Å². The fourth-order valence-electron chi connectivity index (χ4n) is 3.37. The molecule has 1 aliphatic rings. The summed E-state index contributed by atoms with van der Waals surface area (Å²) in [6, 6.07) is 21.9. The normalized spacial score (nSPS) is 17.1. The maximum atomic E-state index is 13.9. The summed E-state index contributed by atoms with van der Waals surface area (Å²) in [5, 5.41) is 10.4. The summed E-state index contributed by atoms with van der Waals surface area (Å²) in [5.41, 5.74) is 8.60. The van der Waals surface area contributed by atoms with Gasteiger partial charge < -0.3 is 10.5 Å². The van der Waals surface area contributed by atoms with Crippen LogP contribution in [0.1, 0.15) is 22.7 Å². The van der Waals surface area contributed by atoms with Gasteiger partial charge in [0, 0.05) is 16.1 Å². The number of hydrogen-bond acceptors (Lipinski definition) is 5. The van der Waals surface area contributed by atoms with Crippen molar-refractivity contribution in [1.82, 2.24) is 4.98 Å². The highest BCUT2D eigenvalue weighted by Gasteiger charge is 2.37. The smallest absolute Gasteiger partial charge is 0.205 e. The van der Waals surface area contributed by atoms with E-state index >= 15 is 0 Å². The Bertz CT molecular complexity index is 1240. The Morgan fingerprint density at radius 3 is 2.42 bits per heavy atom. The molecule has 1 aromatic heterocycles. The molecule has 0 amide bonds. The van der Waals surface area contributed by atoms with Crippen LogP contribution >= 0.6 is 11.6 Å². The van der Waals surface area contributed by atoms with Crippen molar-refractivity contribution in [2.75, 3.05) is 0 Å². The van der Waals surface area contributed by atoms with E-state index in [-0.39, 0.29) is 17.2 Å². The van der Waals surface area contributed by atoms with Crippen LogP contribution < -0.4 is 5.73 Å². The van der Waals surface area contributed by atoms with Crippen LogP contribution in [0.3, 0.4) is 0 Å². The van der Waals surface area contributed by atoms with Gasteiger partial charge in [-0.1, -0.05) is 47.5 Å². The number of aromatic nitrogens is 1. The summed E-state index contributed by atoms with van der Waals surface area (Å²) in [6.07, 6.45) is 1.62. The van der Waals surface area contributed by atoms with Crippen molar-refractivity contribution in [3.8, 4) is 6.07 Å². The Labute approximate surface area is 187 Å². The quantitative estimate of drug-likeness (QED) is 0.606. The van der Waals surface area contributed by atoms with Crippen molar-refractivity contribution in [3.05, 3.63) is 111 Å². The predicted molar refractivity (Wildman–Crippen MR) is 121 cm³/mol.